The number of nitrogens with one attached hydrogen (secondary N) is 1. The maximum Gasteiger partial charge on any atom is 0.269 e. The van der Waals surface area contributed by atoms with E-state index in [2.05, 4.69) is 15.3 Å². The zero-order chi connectivity index (χ0) is 42.5. The van der Waals surface area contributed by atoms with Gasteiger partial charge in [-0.25, -0.2) is 35.4 Å². The summed E-state index contributed by atoms with van der Waals surface area (Å²) in [7, 11) is -6.12. The van der Waals surface area contributed by atoms with Crippen LogP contribution in [-0.2, 0) is 20.0 Å². The van der Waals surface area contributed by atoms with Crippen LogP contribution in [0.15, 0.2) is 46.2 Å². The summed E-state index contributed by atoms with van der Waals surface area (Å²) in [5.74, 6) is 0.672. The van der Waals surface area contributed by atoms with Crippen molar-refractivity contribution in [1.29, 1.82) is 10.5 Å². The molecule has 0 radical (unpaired) electrons. The van der Waals surface area contributed by atoms with E-state index >= 15 is 0 Å². The van der Waals surface area contributed by atoms with Crippen molar-refractivity contribution in [3.05, 3.63) is 73.6 Å². The summed E-state index contributed by atoms with van der Waals surface area (Å²) in [6, 6.07) is 11.4. The van der Waals surface area contributed by atoms with E-state index < -0.39 is 20.0 Å². The molecule has 16 nitrogen and oxygen atoms in total. The summed E-state index contributed by atoms with van der Waals surface area (Å²) in [4.78, 5) is 33.8. The van der Waals surface area contributed by atoms with Crippen LogP contribution >= 0.6 is 11.6 Å². The number of sulfonamides is 2. The molecule has 0 unspecified atom stereocenters. The quantitative estimate of drug-likeness (QED) is 0.253. The minimum Gasteiger partial charge on any atom is -0.367 e. The molecule has 4 fully saturated rings. The van der Waals surface area contributed by atoms with Gasteiger partial charge in [0.2, 0.25) is 20.0 Å². The van der Waals surface area contributed by atoms with Crippen molar-refractivity contribution in [2.75, 3.05) is 44.0 Å². The summed E-state index contributed by atoms with van der Waals surface area (Å²) >= 11 is 5.93. The molecule has 19 heteroatoms. The fourth-order valence-corrected chi connectivity index (χ4v) is 10.4. The van der Waals surface area contributed by atoms with Crippen LogP contribution < -0.4 is 22.2 Å². The minimum absolute atomic E-state index is 0.117. The first-order valence-electron chi connectivity index (χ1n) is 20.1. The molecule has 2 aliphatic carbocycles. The smallest absolute Gasteiger partial charge is 0.269 e. The van der Waals surface area contributed by atoms with Gasteiger partial charge in [-0.05, 0) is 69.6 Å². The number of nitrogens with two attached hydrogens (primary N) is 1. The molecule has 0 spiro atoms. The Labute approximate surface area is 349 Å². The normalized spacial score (nSPS) is 19.1. The van der Waals surface area contributed by atoms with Crippen molar-refractivity contribution in [2.24, 2.45) is 5.73 Å². The number of aromatic nitrogens is 4. The Balaban J connectivity index is 0.000000166. The average Bonchev–Trinajstić information content (AvgIpc) is 3.94. The number of nitrogens with zero attached hydrogens (tertiary/aromatic N) is 8. The van der Waals surface area contributed by atoms with Crippen LogP contribution in [0.3, 0.4) is 0 Å². The van der Waals surface area contributed by atoms with Crippen molar-refractivity contribution >= 4 is 59.3 Å². The maximum absolute atomic E-state index is 12.9. The monoisotopic (exact) mass is 866 g/mol. The van der Waals surface area contributed by atoms with Crippen molar-refractivity contribution in [3.63, 3.8) is 0 Å². The van der Waals surface area contributed by atoms with Gasteiger partial charge in [0.1, 0.15) is 34.2 Å². The number of halogens is 1. The molecule has 4 aromatic heterocycles. The summed E-state index contributed by atoms with van der Waals surface area (Å²) in [5, 5.41) is 23.8. The molecular formula is C40H51ClN10O6S2. The number of rotatable bonds is 6. The number of hydrogen-bond acceptors (Lipinski definition) is 12. The molecule has 8 rings (SSSR count). The van der Waals surface area contributed by atoms with Gasteiger partial charge in [-0.1, -0.05) is 37.3 Å². The molecule has 59 heavy (non-hydrogen) atoms. The number of nitriles is 2. The highest BCUT2D eigenvalue weighted by atomic mass is 35.5. The fourth-order valence-electron chi connectivity index (χ4n) is 8.48. The summed E-state index contributed by atoms with van der Waals surface area (Å²) in [6.45, 7) is 2.14. The van der Waals surface area contributed by atoms with Gasteiger partial charge < -0.3 is 20.2 Å². The third-order valence-electron chi connectivity index (χ3n) is 11.7. The molecule has 0 amide bonds. The van der Waals surface area contributed by atoms with E-state index in [-0.39, 0.29) is 46.4 Å². The summed E-state index contributed by atoms with van der Waals surface area (Å²) < 4.78 is 51.8. The van der Waals surface area contributed by atoms with Gasteiger partial charge in [0.15, 0.2) is 0 Å². The highest BCUT2D eigenvalue weighted by molar-refractivity contribution is 7.88. The molecule has 3 N–H and O–H groups in total. The van der Waals surface area contributed by atoms with E-state index in [9.17, 15) is 31.7 Å². The largest absolute Gasteiger partial charge is 0.367 e. The first kappa shape index (κ1) is 44.1. The SMILES string of the molecule is CS(=O)(=O)N1CCC(N)CC1.CS(=O)(=O)N1CCC(Nc2cc3c(cn2)cc(C#N)c(=O)n3C2CCCC2)CC1.N#Cc1cc2cnc(Cl)cc2n(C2CCCC2)c1=O. The Bertz CT molecular complexity index is 2590. The van der Waals surface area contributed by atoms with Gasteiger partial charge in [0, 0.05) is 79.6 Å². The van der Waals surface area contributed by atoms with Crippen LogP contribution in [0, 0.1) is 22.7 Å². The first-order chi connectivity index (χ1) is 28.1. The Morgan fingerprint density at radius 2 is 1.10 bits per heavy atom. The molecule has 0 bridgehead atoms. The molecular weight excluding hydrogens is 816 g/mol. The minimum atomic E-state index is -3.15. The molecule has 2 saturated heterocycles. The van der Waals surface area contributed by atoms with Crippen LogP contribution in [0.2, 0.25) is 5.15 Å². The predicted molar refractivity (Wildman–Crippen MR) is 228 cm³/mol. The second kappa shape index (κ2) is 18.9. The predicted octanol–water partition coefficient (Wildman–Crippen LogP) is 4.62. The lowest BCUT2D eigenvalue weighted by molar-refractivity contribution is 0.322. The standard InChI is InChI=1S/C20H25N5O3S.C14H12ClN3O.C6H14N2O2S/c1-29(27,28)24-8-6-16(7-9-24)23-19-11-18-15(13-22-19)10-14(12-21)20(26)25(18)17-4-2-3-5-17;15-13-6-12-10(8-17-13)5-9(7-16)14(19)18(12)11-3-1-2-4-11;1-11(9,10)8-4-2-6(7)3-5-8/h10-11,13,16-17H,2-9H2,1H3,(H,22,23);5-6,8,11H,1-4H2;6H,2-5,7H2,1H3. The topological polar surface area (TPSA) is 230 Å². The number of hydrogen-bond donors (Lipinski definition) is 2. The van der Waals surface area contributed by atoms with Gasteiger partial charge in [-0.2, -0.15) is 10.5 Å². The Morgan fingerprint density at radius 3 is 1.54 bits per heavy atom. The molecule has 4 aromatic rings. The van der Waals surface area contributed by atoms with Crippen LogP contribution in [0.4, 0.5) is 5.82 Å². The van der Waals surface area contributed by atoms with Crippen LogP contribution in [0.5, 0.6) is 0 Å². The molecule has 6 heterocycles. The van der Waals surface area contributed by atoms with Crippen LogP contribution in [-0.4, -0.2) is 95.3 Å². The molecule has 4 aliphatic rings. The molecule has 2 saturated carbocycles. The third kappa shape index (κ3) is 10.7. The van der Waals surface area contributed by atoms with Gasteiger partial charge in [-0.3, -0.25) is 9.59 Å². The van der Waals surface area contributed by atoms with Gasteiger partial charge in [0.25, 0.3) is 11.1 Å². The lowest BCUT2D eigenvalue weighted by Crippen LogP contribution is -2.42. The summed E-state index contributed by atoms with van der Waals surface area (Å²) in [6.07, 6.45) is 17.0. The average molecular weight is 867 g/mol. The van der Waals surface area contributed by atoms with Gasteiger partial charge >= 0.3 is 0 Å². The number of pyridine rings is 4. The first-order valence-corrected chi connectivity index (χ1v) is 24.1. The molecule has 316 valence electrons. The van der Waals surface area contributed by atoms with E-state index in [1.807, 2.05) is 18.2 Å². The molecule has 0 aromatic carbocycles. The van der Waals surface area contributed by atoms with E-state index in [0.717, 1.165) is 86.0 Å². The van der Waals surface area contributed by atoms with Crippen LogP contribution in [0.25, 0.3) is 21.8 Å². The number of fused-ring (bicyclic) bond motifs is 2. The lowest BCUT2D eigenvalue weighted by atomic mass is 10.1. The van der Waals surface area contributed by atoms with Crippen molar-refractivity contribution < 1.29 is 16.8 Å². The fraction of sp³-hybridized carbons (Fsp3) is 0.550. The van der Waals surface area contributed by atoms with Gasteiger partial charge in [0.05, 0.1) is 23.5 Å². The second-order valence-electron chi connectivity index (χ2n) is 15.8. The Hall–Kier alpha value is -4.43. The van der Waals surface area contributed by atoms with Crippen LogP contribution in [0.1, 0.15) is 100 Å². The van der Waals surface area contributed by atoms with E-state index in [1.165, 1.54) is 21.1 Å². The summed E-state index contributed by atoms with van der Waals surface area (Å²) in [5.41, 5.74) is 7.06. The van der Waals surface area contributed by atoms with E-state index in [1.54, 1.807) is 39.7 Å². The van der Waals surface area contributed by atoms with Crippen molar-refractivity contribution in [3.8, 4) is 12.1 Å². The Kier molecular flexibility index (Phi) is 14.1. The number of piperidine rings is 2. The van der Waals surface area contributed by atoms with E-state index in [4.69, 9.17) is 22.6 Å². The molecule has 0 atom stereocenters. The third-order valence-corrected chi connectivity index (χ3v) is 14.5. The maximum atomic E-state index is 12.9. The zero-order valence-corrected chi connectivity index (χ0v) is 35.8. The Morgan fingerprint density at radius 1 is 0.678 bits per heavy atom. The second-order valence-corrected chi connectivity index (χ2v) is 20.2. The lowest BCUT2D eigenvalue weighted by Gasteiger charge is -2.31. The molecule has 2 aliphatic heterocycles. The highest BCUT2D eigenvalue weighted by Crippen LogP contribution is 2.33. The van der Waals surface area contributed by atoms with Gasteiger partial charge in [-0.15, -0.1) is 0 Å². The zero-order valence-electron chi connectivity index (χ0n) is 33.4. The highest BCUT2D eigenvalue weighted by Gasteiger charge is 2.27. The number of anilines is 1. The van der Waals surface area contributed by atoms with Crippen molar-refractivity contribution in [2.45, 2.75) is 101 Å². The van der Waals surface area contributed by atoms with Crippen molar-refractivity contribution in [1.82, 2.24) is 27.7 Å². The van der Waals surface area contributed by atoms with E-state index in [0.29, 0.717) is 50.0 Å².